The molecule has 2 rings (SSSR count). The number of anilines is 1. The van der Waals surface area contributed by atoms with Gasteiger partial charge in [-0.25, -0.2) is 4.99 Å². The number of nitrogens with one attached hydrogen (secondary N) is 1. The van der Waals surface area contributed by atoms with Crippen molar-refractivity contribution in [2.45, 2.75) is 12.7 Å². The summed E-state index contributed by atoms with van der Waals surface area (Å²) in [5.74, 6) is 0.556. The first-order valence-corrected chi connectivity index (χ1v) is 7.77. The van der Waals surface area contributed by atoms with Gasteiger partial charge in [-0.2, -0.15) is 13.2 Å². The first kappa shape index (κ1) is 23.2. The topological polar surface area (TPSA) is 68.9 Å². The maximum absolute atomic E-state index is 13.2. The van der Waals surface area contributed by atoms with Gasteiger partial charge in [-0.05, 0) is 35.9 Å². The van der Waals surface area contributed by atoms with E-state index in [1.807, 2.05) is 0 Å². The zero-order valence-electron chi connectivity index (χ0n) is 14.4. The van der Waals surface area contributed by atoms with Crippen molar-refractivity contribution >= 4 is 47.2 Å². The van der Waals surface area contributed by atoms with Crippen molar-refractivity contribution in [1.82, 2.24) is 0 Å². The van der Waals surface area contributed by atoms with Gasteiger partial charge in [0.05, 0.1) is 31.4 Å². The number of alkyl halides is 3. The molecular weight excluding hydrogens is 498 g/mol. The van der Waals surface area contributed by atoms with E-state index < -0.39 is 11.7 Å². The van der Waals surface area contributed by atoms with E-state index in [0.29, 0.717) is 16.5 Å². The molecule has 0 bridgehead atoms. The van der Waals surface area contributed by atoms with Crippen LogP contribution in [-0.2, 0) is 12.7 Å². The van der Waals surface area contributed by atoms with Gasteiger partial charge in [0.1, 0.15) is 11.5 Å². The second-order valence-corrected chi connectivity index (χ2v) is 5.60. The maximum atomic E-state index is 13.2. The van der Waals surface area contributed by atoms with Gasteiger partial charge < -0.3 is 20.5 Å². The van der Waals surface area contributed by atoms with Crippen LogP contribution in [0.2, 0.25) is 5.02 Å². The highest BCUT2D eigenvalue weighted by Gasteiger charge is 2.33. The van der Waals surface area contributed by atoms with Crippen LogP contribution < -0.4 is 20.5 Å². The van der Waals surface area contributed by atoms with Crippen LogP contribution in [0.25, 0.3) is 0 Å². The van der Waals surface area contributed by atoms with Crippen molar-refractivity contribution in [2.75, 3.05) is 19.5 Å². The molecule has 0 unspecified atom stereocenters. The fourth-order valence-electron chi connectivity index (χ4n) is 2.19. The summed E-state index contributed by atoms with van der Waals surface area (Å²) >= 11 is 6.00. The second kappa shape index (κ2) is 9.88. The minimum atomic E-state index is -4.52. The minimum Gasteiger partial charge on any atom is -0.497 e. The van der Waals surface area contributed by atoms with Gasteiger partial charge in [0.25, 0.3) is 0 Å². The van der Waals surface area contributed by atoms with Crippen LogP contribution in [0.5, 0.6) is 11.5 Å². The lowest BCUT2D eigenvalue weighted by atomic mass is 10.1. The third kappa shape index (κ3) is 6.35. The molecule has 0 heterocycles. The van der Waals surface area contributed by atoms with Gasteiger partial charge >= 0.3 is 6.18 Å². The van der Waals surface area contributed by atoms with Crippen molar-refractivity contribution in [1.29, 1.82) is 0 Å². The van der Waals surface area contributed by atoms with Crippen LogP contribution in [0, 0.1) is 0 Å². The fourth-order valence-corrected chi connectivity index (χ4v) is 2.44. The summed E-state index contributed by atoms with van der Waals surface area (Å²) in [7, 11) is 2.78. The summed E-state index contributed by atoms with van der Waals surface area (Å²) < 4.78 is 49.4. The molecule has 0 spiro atoms. The molecule has 10 heteroatoms. The van der Waals surface area contributed by atoms with Crippen LogP contribution in [0.1, 0.15) is 11.1 Å². The van der Waals surface area contributed by atoms with Gasteiger partial charge in [0.2, 0.25) is 0 Å². The molecular formula is C17H18ClF3IN3O2. The van der Waals surface area contributed by atoms with Crippen molar-refractivity contribution in [3.05, 3.63) is 52.5 Å². The van der Waals surface area contributed by atoms with Gasteiger partial charge in [0, 0.05) is 5.69 Å². The average molecular weight is 516 g/mol. The molecule has 0 aliphatic rings. The van der Waals surface area contributed by atoms with Crippen molar-refractivity contribution < 1.29 is 22.6 Å². The largest absolute Gasteiger partial charge is 0.497 e. The van der Waals surface area contributed by atoms with Crippen LogP contribution in [0.4, 0.5) is 18.9 Å². The first-order valence-electron chi connectivity index (χ1n) is 7.39. The molecule has 0 atom stereocenters. The Hall–Kier alpha value is -1.88. The predicted molar refractivity (Wildman–Crippen MR) is 110 cm³/mol. The third-order valence-corrected chi connectivity index (χ3v) is 3.76. The van der Waals surface area contributed by atoms with Gasteiger partial charge in [0.15, 0.2) is 5.96 Å². The molecule has 148 valence electrons. The average Bonchev–Trinajstić information content (AvgIpc) is 2.59. The van der Waals surface area contributed by atoms with Crippen LogP contribution >= 0.6 is 35.6 Å². The van der Waals surface area contributed by atoms with Gasteiger partial charge in [-0.15, -0.1) is 24.0 Å². The smallest absolute Gasteiger partial charge is 0.416 e. The van der Waals surface area contributed by atoms with E-state index in [0.717, 1.165) is 6.07 Å². The number of benzene rings is 2. The summed E-state index contributed by atoms with van der Waals surface area (Å²) in [6, 6.07) is 8.52. The molecule has 0 radical (unpaired) electrons. The molecule has 2 aromatic carbocycles. The molecule has 0 fully saturated rings. The van der Waals surface area contributed by atoms with Crippen molar-refractivity contribution in [2.24, 2.45) is 10.7 Å². The van der Waals surface area contributed by atoms with Crippen LogP contribution in [0.15, 0.2) is 41.4 Å². The third-order valence-electron chi connectivity index (χ3n) is 3.47. The summed E-state index contributed by atoms with van der Waals surface area (Å²) in [4.78, 5) is 3.96. The zero-order valence-corrected chi connectivity index (χ0v) is 17.5. The number of ether oxygens (including phenoxy) is 2. The van der Waals surface area contributed by atoms with E-state index in [2.05, 4.69) is 10.3 Å². The highest BCUT2D eigenvalue weighted by molar-refractivity contribution is 14.0. The molecule has 3 N–H and O–H groups in total. The lowest BCUT2D eigenvalue weighted by molar-refractivity contribution is -0.138. The molecule has 5 nitrogen and oxygen atoms in total. The lowest BCUT2D eigenvalue weighted by Crippen LogP contribution is -2.22. The maximum Gasteiger partial charge on any atom is 0.416 e. The Labute approximate surface area is 176 Å². The molecule has 0 saturated heterocycles. The quantitative estimate of drug-likeness (QED) is 0.337. The normalized spacial score (nSPS) is 11.6. The Morgan fingerprint density at radius 2 is 1.85 bits per heavy atom. The van der Waals surface area contributed by atoms with Crippen molar-refractivity contribution in [3.8, 4) is 11.5 Å². The minimum absolute atomic E-state index is 0. The Bertz CT molecular complexity index is 816. The zero-order chi connectivity index (χ0) is 19.3. The SMILES string of the molecule is COc1ccc(CN=C(N)Nc2ccc(OC)c(Cl)c2)c(C(F)(F)F)c1.I. The van der Waals surface area contributed by atoms with Gasteiger partial charge in [-0.1, -0.05) is 17.7 Å². The fraction of sp³-hybridized carbons (Fsp3) is 0.235. The molecule has 0 amide bonds. The number of guanidine groups is 1. The summed E-state index contributed by atoms with van der Waals surface area (Å²) in [6.45, 7) is -0.248. The molecule has 27 heavy (non-hydrogen) atoms. The highest BCUT2D eigenvalue weighted by Crippen LogP contribution is 2.34. The summed E-state index contributed by atoms with van der Waals surface area (Å²) in [5.41, 5.74) is 5.44. The molecule has 0 saturated carbocycles. The van der Waals surface area contributed by atoms with E-state index in [1.165, 1.54) is 26.4 Å². The molecule has 0 aliphatic carbocycles. The van der Waals surface area contributed by atoms with E-state index in [1.54, 1.807) is 18.2 Å². The van der Waals surface area contributed by atoms with E-state index in [9.17, 15) is 13.2 Å². The monoisotopic (exact) mass is 515 g/mol. The Kier molecular flexibility index (Phi) is 8.48. The number of halogens is 5. The predicted octanol–water partition coefficient (Wildman–Crippen LogP) is 4.92. The van der Waals surface area contributed by atoms with E-state index >= 15 is 0 Å². The molecule has 0 aliphatic heterocycles. The van der Waals surface area contributed by atoms with Gasteiger partial charge in [-0.3, -0.25) is 0 Å². The number of methoxy groups -OCH3 is 2. The Morgan fingerprint density at radius 3 is 2.41 bits per heavy atom. The number of hydrogen-bond acceptors (Lipinski definition) is 3. The number of nitrogens with zero attached hydrogens (tertiary/aromatic N) is 1. The van der Waals surface area contributed by atoms with E-state index in [4.69, 9.17) is 26.8 Å². The number of hydrogen-bond donors (Lipinski definition) is 2. The Balaban J connectivity index is 0.00000364. The standard InChI is InChI=1S/C17H17ClF3N3O2.HI/c1-25-12-5-3-10(13(8-12)17(19,20)21)9-23-16(22)24-11-4-6-15(26-2)14(18)7-11;/h3-8H,9H2,1-2H3,(H3,22,23,24);1H. The first-order chi connectivity index (χ1) is 12.2. The summed E-state index contributed by atoms with van der Waals surface area (Å²) in [5, 5.41) is 3.13. The second-order valence-electron chi connectivity index (χ2n) is 5.20. The molecule has 2 aromatic rings. The Morgan fingerprint density at radius 1 is 1.15 bits per heavy atom. The summed E-state index contributed by atoms with van der Waals surface area (Å²) in [6.07, 6.45) is -4.52. The number of rotatable bonds is 5. The highest BCUT2D eigenvalue weighted by atomic mass is 127. The van der Waals surface area contributed by atoms with Crippen LogP contribution in [0.3, 0.4) is 0 Å². The van der Waals surface area contributed by atoms with E-state index in [-0.39, 0.29) is 47.8 Å². The number of nitrogens with two attached hydrogens (primary N) is 1. The number of aliphatic imine (C=N–C) groups is 1. The van der Waals surface area contributed by atoms with Crippen molar-refractivity contribution in [3.63, 3.8) is 0 Å². The van der Waals surface area contributed by atoms with Crippen LogP contribution in [-0.4, -0.2) is 20.2 Å². The molecule has 0 aromatic heterocycles. The lowest BCUT2D eigenvalue weighted by Gasteiger charge is -2.13.